The summed E-state index contributed by atoms with van der Waals surface area (Å²) < 4.78 is 32.3. The van der Waals surface area contributed by atoms with Gasteiger partial charge >= 0.3 is 0 Å². The first-order valence-corrected chi connectivity index (χ1v) is 8.92. The van der Waals surface area contributed by atoms with E-state index < -0.39 is 10.1 Å². The van der Waals surface area contributed by atoms with Gasteiger partial charge in [0, 0.05) is 22.5 Å². The van der Waals surface area contributed by atoms with E-state index in [-0.39, 0.29) is 10.8 Å². The molecule has 3 aromatic carbocycles. The summed E-state index contributed by atoms with van der Waals surface area (Å²) in [5, 5.41) is 3.60. The number of benzene rings is 3. The number of nitrogens with one attached hydrogen (secondary N) is 1. The van der Waals surface area contributed by atoms with E-state index in [4.69, 9.17) is 0 Å². The maximum Gasteiger partial charge on any atom is 0.295 e. The van der Waals surface area contributed by atoms with Gasteiger partial charge in [-0.3, -0.25) is 9.35 Å². The molecule has 25 heavy (non-hydrogen) atoms. The van der Waals surface area contributed by atoms with E-state index in [1.54, 1.807) is 30.3 Å². The van der Waals surface area contributed by atoms with Gasteiger partial charge in [0.15, 0.2) is 0 Å². The third-order valence-electron chi connectivity index (χ3n) is 3.65. The van der Waals surface area contributed by atoms with Crippen LogP contribution in [0.5, 0.6) is 0 Å². The summed E-state index contributed by atoms with van der Waals surface area (Å²) in [6, 6.07) is 18.8. The minimum absolute atomic E-state index is 0.194. The lowest BCUT2D eigenvalue weighted by Gasteiger charge is -2.10. The molecule has 0 radical (unpaired) electrons. The summed E-state index contributed by atoms with van der Waals surface area (Å²) in [6.45, 7) is 0. The van der Waals surface area contributed by atoms with Crippen LogP contribution in [0.15, 0.2) is 77.7 Å². The minimum atomic E-state index is -4.35. The van der Waals surface area contributed by atoms with Crippen molar-refractivity contribution in [3.63, 3.8) is 0 Å². The van der Waals surface area contributed by atoms with Gasteiger partial charge in [0.25, 0.3) is 10.1 Å². The van der Waals surface area contributed by atoms with Crippen LogP contribution in [0.3, 0.4) is 0 Å². The quantitative estimate of drug-likeness (QED) is 0.553. The van der Waals surface area contributed by atoms with Crippen molar-refractivity contribution in [2.75, 3.05) is 5.32 Å². The fourth-order valence-corrected chi connectivity index (χ4v) is 3.21. The van der Waals surface area contributed by atoms with Crippen LogP contribution in [0.2, 0.25) is 0 Å². The highest BCUT2D eigenvalue weighted by atomic mass is 32.2. The summed E-state index contributed by atoms with van der Waals surface area (Å²) >= 11 is 0. The average molecular weight is 353 g/mol. The van der Waals surface area contributed by atoms with Crippen molar-refractivity contribution in [3.05, 3.63) is 78.4 Å². The van der Waals surface area contributed by atoms with Gasteiger partial charge in [0.1, 0.15) is 4.90 Å². The van der Waals surface area contributed by atoms with Crippen molar-refractivity contribution < 1.29 is 17.8 Å². The molecule has 0 spiro atoms. The van der Waals surface area contributed by atoms with Crippen LogP contribution < -0.4 is 5.32 Å². The van der Waals surface area contributed by atoms with Crippen molar-refractivity contribution in [2.45, 2.75) is 4.90 Å². The van der Waals surface area contributed by atoms with Crippen LogP contribution in [0, 0.1) is 0 Å². The maximum atomic E-state index is 12.1. The van der Waals surface area contributed by atoms with Crippen LogP contribution in [-0.4, -0.2) is 18.9 Å². The topological polar surface area (TPSA) is 83.5 Å². The van der Waals surface area contributed by atoms with E-state index in [1.165, 1.54) is 18.2 Å². The first-order chi connectivity index (χ1) is 11.9. The van der Waals surface area contributed by atoms with E-state index in [1.807, 2.05) is 30.3 Å². The molecule has 0 aliphatic rings. The average Bonchev–Trinajstić information content (AvgIpc) is 2.60. The number of carbonyl (C=O) groups is 1. The number of anilines is 1. The van der Waals surface area contributed by atoms with Crippen LogP contribution in [0.25, 0.3) is 16.8 Å². The van der Waals surface area contributed by atoms with Crippen molar-refractivity contribution in [1.29, 1.82) is 0 Å². The molecule has 0 saturated carbocycles. The first-order valence-electron chi connectivity index (χ1n) is 7.48. The molecule has 6 heteroatoms. The fourth-order valence-electron chi connectivity index (χ4n) is 2.52. The number of hydrogen-bond donors (Lipinski definition) is 2. The van der Waals surface area contributed by atoms with Gasteiger partial charge in [-0.15, -0.1) is 0 Å². The van der Waals surface area contributed by atoms with Gasteiger partial charge in [-0.25, -0.2) is 0 Å². The molecular weight excluding hydrogens is 338 g/mol. The summed E-state index contributed by atoms with van der Waals surface area (Å²) in [5.74, 6) is -0.339. The molecule has 3 aromatic rings. The Morgan fingerprint density at radius 2 is 1.52 bits per heavy atom. The zero-order valence-corrected chi connectivity index (χ0v) is 13.9. The lowest BCUT2D eigenvalue weighted by Crippen LogP contribution is -2.09. The molecule has 0 fully saturated rings. The van der Waals surface area contributed by atoms with Crippen LogP contribution in [0.4, 0.5) is 5.69 Å². The summed E-state index contributed by atoms with van der Waals surface area (Å²) in [6.07, 6.45) is 3.09. The molecule has 126 valence electrons. The van der Waals surface area contributed by atoms with Gasteiger partial charge in [-0.05, 0) is 23.8 Å². The Kier molecular flexibility index (Phi) is 4.65. The third kappa shape index (κ3) is 3.93. The fraction of sp³-hybridized carbons (Fsp3) is 0. The number of hydrogen-bond acceptors (Lipinski definition) is 3. The zero-order valence-electron chi connectivity index (χ0n) is 13.1. The van der Waals surface area contributed by atoms with E-state index >= 15 is 0 Å². The molecule has 0 heterocycles. The second-order valence-electron chi connectivity index (χ2n) is 5.37. The summed E-state index contributed by atoms with van der Waals surface area (Å²) in [7, 11) is -4.35. The van der Waals surface area contributed by atoms with E-state index in [0.29, 0.717) is 16.5 Å². The molecule has 0 aliphatic heterocycles. The highest BCUT2D eigenvalue weighted by molar-refractivity contribution is 7.86. The van der Waals surface area contributed by atoms with Crippen molar-refractivity contribution in [1.82, 2.24) is 0 Å². The Bertz CT molecular complexity index is 1060. The molecule has 0 aliphatic carbocycles. The first kappa shape index (κ1) is 16.9. The Labute approximate surface area is 145 Å². The molecule has 0 aromatic heterocycles. The van der Waals surface area contributed by atoms with Gasteiger partial charge in [0.05, 0.1) is 0 Å². The third-order valence-corrected chi connectivity index (χ3v) is 4.56. The Balaban J connectivity index is 1.92. The number of carbonyl (C=O) groups excluding carboxylic acids is 1. The number of rotatable bonds is 4. The monoisotopic (exact) mass is 353 g/mol. The highest BCUT2D eigenvalue weighted by Crippen LogP contribution is 2.29. The van der Waals surface area contributed by atoms with E-state index in [2.05, 4.69) is 5.32 Å². The van der Waals surface area contributed by atoms with Gasteiger partial charge < -0.3 is 5.32 Å². The molecular formula is C19H15NO4S. The number of fused-ring (bicyclic) bond motifs is 1. The molecule has 5 nitrogen and oxygen atoms in total. The second-order valence-corrected chi connectivity index (χ2v) is 6.76. The van der Waals surface area contributed by atoms with Crippen LogP contribution in [0.1, 0.15) is 5.56 Å². The Morgan fingerprint density at radius 3 is 2.20 bits per heavy atom. The molecule has 3 rings (SSSR count). The van der Waals surface area contributed by atoms with Gasteiger partial charge in [-0.1, -0.05) is 54.6 Å². The second kappa shape index (κ2) is 6.88. The van der Waals surface area contributed by atoms with Crippen molar-refractivity contribution in [3.8, 4) is 0 Å². The van der Waals surface area contributed by atoms with E-state index in [0.717, 1.165) is 5.56 Å². The lowest BCUT2D eigenvalue weighted by molar-refractivity contribution is -0.111. The largest absolute Gasteiger partial charge is 0.322 e. The van der Waals surface area contributed by atoms with Gasteiger partial charge in [-0.2, -0.15) is 8.42 Å². The smallest absolute Gasteiger partial charge is 0.295 e. The van der Waals surface area contributed by atoms with Gasteiger partial charge in [0.2, 0.25) is 5.91 Å². The van der Waals surface area contributed by atoms with E-state index in [9.17, 15) is 17.8 Å². The molecule has 2 N–H and O–H groups in total. The zero-order chi connectivity index (χ0) is 17.9. The lowest BCUT2D eigenvalue weighted by atomic mass is 10.1. The minimum Gasteiger partial charge on any atom is -0.322 e. The Morgan fingerprint density at radius 1 is 0.880 bits per heavy atom. The molecule has 0 unspecified atom stereocenters. The molecule has 0 atom stereocenters. The normalized spacial score (nSPS) is 11.7. The summed E-state index contributed by atoms with van der Waals surface area (Å²) in [4.78, 5) is 12.0. The van der Waals surface area contributed by atoms with Crippen molar-refractivity contribution in [2.24, 2.45) is 0 Å². The SMILES string of the molecule is O=C(C=Cc1ccccc1)Nc1ccc(S(=O)(=O)O)c2ccccc12. The predicted molar refractivity (Wildman–Crippen MR) is 97.9 cm³/mol. The maximum absolute atomic E-state index is 12.1. The molecule has 0 saturated heterocycles. The predicted octanol–water partition coefficient (Wildman–Crippen LogP) is 3.74. The van der Waals surface area contributed by atoms with Crippen LogP contribution >= 0.6 is 0 Å². The Hall–Kier alpha value is -2.96. The standard InChI is InChI=1S/C19H15NO4S/c21-19(13-10-14-6-2-1-3-7-14)20-17-11-12-18(25(22,23)24)16-9-5-4-8-15(16)17/h1-13H,(H,20,21)(H,22,23,24). The van der Waals surface area contributed by atoms with Crippen molar-refractivity contribution >= 4 is 38.6 Å². The van der Waals surface area contributed by atoms with Crippen LogP contribution in [-0.2, 0) is 14.9 Å². The molecule has 1 amide bonds. The molecule has 0 bridgehead atoms. The highest BCUT2D eigenvalue weighted by Gasteiger charge is 2.15. The summed E-state index contributed by atoms with van der Waals surface area (Å²) in [5.41, 5.74) is 1.36. The number of amides is 1.